The van der Waals surface area contributed by atoms with Gasteiger partial charge in [0.2, 0.25) is 0 Å². The molecule has 0 saturated heterocycles. The number of carbonyl (C=O) groups is 3. The Balaban J connectivity index is -0.0000000825. The number of carboxylic acids is 3. The molecule has 0 aromatic heterocycles. The van der Waals surface area contributed by atoms with Crippen molar-refractivity contribution in [2.45, 2.75) is 25.9 Å². The van der Waals surface area contributed by atoms with Gasteiger partial charge >= 0.3 is 121 Å². The number of hydrogen-bond donors (Lipinski definition) is 4. The van der Waals surface area contributed by atoms with Crippen LogP contribution in [0.25, 0.3) is 0 Å². The first-order chi connectivity index (χ1) is 6.27. The SMILES string of the molecule is CC(O)C(=O)O.O=C(O)CCC(=O)O.[KH].[KH]. The van der Waals surface area contributed by atoms with Gasteiger partial charge in [-0.2, -0.15) is 0 Å². The van der Waals surface area contributed by atoms with Crippen LogP contribution < -0.4 is 0 Å². The summed E-state index contributed by atoms with van der Waals surface area (Å²) in [4.78, 5) is 28.7. The number of hydrogen-bond acceptors (Lipinski definition) is 4. The topological polar surface area (TPSA) is 132 Å². The standard InChI is InChI=1S/C4H6O4.C3H6O3.2K.2H/c5-3(6)1-2-4(7)8;1-2(4)3(5)6;;;;/h1-2H2,(H,5,6)(H,7,8);2,4H,1H3,(H,5,6);;;;. The first-order valence-corrected chi connectivity index (χ1v) is 3.61. The number of aliphatic hydroxyl groups excluding tert-OH is 1. The Bertz CT molecular complexity index is 203. The van der Waals surface area contributed by atoms with Gasteiger partial charge in [-0.25, -0.2) is 4.79 Å². The van der Waals surface area contributed by atoms with E-state index < -0.39 is 24.0 Å². The van der Waals surface area contributed by atoms with Crippen LogP contribution in [0, 0.1) is 0 Å². The van der Waals surface area contributed by atoms with Crippen molar-refractivity contribution in [1.82, 2.24) is 0 Å². The monoisotopic (exact) mass is 288 g/mol. The summed E-state index contributed by atoms with van der Waals surface area (Å²) in [5, 5.41) is 31.6. The van der Waals surface area contributed by atoms with Gasteiger partial charge in [0.1, 0.15) is 6.10 Å². The molecule has 0 amide bonds. The summed E-state index contributed by atoms with van der Waals surface area (Å²) in [5.41, 5.74) is 0. The first kappa shape index (κ1) is 26.3. The molecular formula is C7H14K2O7. The zero-order chi connectivity index (χ0) is 11.7. The summed E-state index contributed by atoms with van der Waals surface area (Å²) in [6.07, 6.45) is -1.82. The minimum atomic E-state index is -1.23. The molecule has 0 bridgehead atoms. The molecule has 0 aromatic carbocycles. The van der Waals surface area contributed by atoms with Gasteiger partial charge in [-0.1, -0.05) is 0 Å². The van der Waals surface area contributed by atoms with E-state index in [1.807, 2.05) is 0 Å². The number of aliphatic hydroxyl groups is 1. The zero-order valence-corrected chi connectivity index (χ0v) is 7.51. The first-order valence-electron chi connectivity index (χ1n) is 3.61. The van der Waals surface area contributed by atoms with Crippen molar-refractivity contribution in [3.8, 4) is 0 Å². The Morgan fingerprint density at radius 1 is 0.938 bits per heavy atom. The van der Waals surface area contributed by atoms with Gasteiger partial charge in [-0.05, 0) is 6.92 Å². The molecule has 9 heteroatoms. The number of aliphatic carboxylic acids is 3. The fraction of sp³-hybridized carbons (Fsp3) is 0.571. The molecule has 0 aliphatic carbocycles. The Morgan fingerprint density at radius 2 is 1.12 bits per heavy atom. The Labute approximate surface area is 177 Å². The average Bonchev–Trinajstić information content (AvgIpc) is 2.01. The fourth-order valence-corrected chi connectivity index (χ4v) is 0.214. The van der Waals surface area contributed by atoms with Crippen LogP contribution in [0.5, 0.6) is 0 Å². The van der Waals surface area contributed by atoms with E-state index in [1.165, 1.54) is 6.92 Å². The van der Waals surface area contributed by atoms with Crippen molar-refractivity contribution in [1.29, 1.82) is 0 Å². The summed E-state index contributed by atoms with van der Waals surface area (Å²) >= 11 is 0. The molecule has 0 rings (SSSR count). The molecule has 0 fully saturated rings. The van der Waals surface area contributed by atoms with Crippen molar-refractivity contribution in [3.05, 3.63) is 0 Å². The van der Waals surface area contributed by atoms with E-state index in [0.29, 0.717) is 0 Å². The van der Waals surface area contributed by atoms with Gasteiger partial charge in [-0.15, -0.1) is 0 Å². The second-order valence-electron chi connectivity index (χ2n) is 2.30. The minimum absolute atomic E-state index is 0. The predicted molar refractivity (Wildman–Crippen MR) is 58.1 cm³/mol. The third-order valence-electron chi connectivity index (χ3n) is 0.910. The summed E-state index contributed by atoms with van der Waals surface area (Å²) < 4.78 is 0. The third-order valence-corrected chi connectivity index (χ3v) is 0.910. The third kappa shape index (κ3) is 29.6. The Kier molecular flexibility index (Phi) is 27.3. The molecule has 0 spiro atoms. The molecule has 1 atom stereocenters. The van der Waals surface area contributed by atoms with Gasteiger partial charge in [0, 0.05) is 0 Å². The molecule has 0 aliphatic rings. The second-order valence-corrected chi connectivity index (χ2v) is 2.30. The van der Waals surface area contributed by atoms with Crippen molar-refractivity contribution >= 4 is 121 Å². The van der Waals surface area contributed by atoms with Gasteiger partial charge in [-0.3, -0.25) is 9.59 Å². The normalized spacial score (nSPS) is 9.38. The van der Waals surface area contributed by atoms with Gasteiger partial charge in [0.15, 0.2) is 0 Å². The molecular weight excluding hydrogens is 274 g/mol. The van der Waals surface area contributed by atoms with E-state index in [4.69, 9.17) is 20.4 Å². The maximum absolute atomic E-state index is 9.64. The number of carboxylic acid groups (broad SMARTS) is 3. The molecule has 4 N–H and O–H groups in total. The Hall–Kier alpha value is 1.64. The summed E-state index contributed by atoms with van der Waals surface area (Å²) in [5.74, 6) is -3.34. The van der Waals surface area contributed by atoms with Gasteiger partial charge < -0.3 is 20.4 Å². The van der Waals surface area contributed by atoms with Crippen LogP contribution in [0.3, 0.4) is 0 Å². The number of rotatable bonds is 4. The molecule has 0 aliphatic heterocycles. The molecule has 0 radical (unpaired) electrons. The van der Waals surface area contributed by atoms with Crippen LogP contribution in [-0.2, 0) is 14.4 Å². The molecule has 7 nitrogen and oxygen atoms in total. The Morgan fingerprint density at radius 3 is 1.19 bits per heavy atom. The van der Waals surface area contributed by atoms with Crippen molar-refractivity contribution in [2.24, 2.45) is 0 Å². The molecule has 0 aromatic rings. The van der Waals surface area contributed by atoms with Crippen molar-refractivity contribution in [3.63, 3.8) is 0 Å². The second kappa shape index (κ2) is 16.6. The predicted octanol–water partition coefficient (Wildman–Crippen LogP) is -1.91. The summed E-state index contributed by atoms with van der Waals surface area (Å²) in [6.45, 7) is 1.20. The van der Waals surface area contributed by atoms with Crippen molar-refractivity contribution < 1.29 is 34.8 Å². The fourth-order valence-electron chi connectivity index (χ4n) is 0.214. The molecule has 86 valence electrons. The summed E-state index contributed by atoms with van der Waals surface area (Å²) in [6, 6.07) is 0. The zero-order valence-electron chi connectivity index (χ0n) is 7.51. The van der Waals surface area contributed by atoms with E-state index >= 15 is 0 Å². The molecule has 0 heterocycles. The van der Waals surface area contributed by atoms with E-state index in [9.17, 15) is 14.4 Å². The average molecular weight is 288 g/mol. The van der Waals surface area contributed by atoms with Crippen molar-refractivity contribution in [2.75, 3.05) is 0 Å². The van der Waals surface area contributed by atoms with Crippen LogP contribution in [0.15, 0.2) is 0 Å². The van der Waals surface area contributed by atoms with Crippen LogP contribution in [0.2, 0.25) is 0 Å². The van der Waals surface area contributed by atoms with E-state index in [2.05, 4.69) is 0 Å². The van der Waals surface area contributed by atoms with Crippen LogP contribution >= 0.6 is 0 Å². The van der Waals surface area contributed by atoms with Crippen LogP contribution in [0.4, 0.5) is 0 Å². The molecule has 0 saturated carbocycles. The van der Waals surface area contributed by atoms with Crippen LogP contribution in [0.1, 0.15) is 19.8 Å². The van der Waals surface area contributed by atoms with E-state index in [0.717, 1.165) is 0 Å². The summed E-state index contributed by atoms with van der Waals surface area (Å²) in [7, 11) is 0. The van der Waals surface area contributed by atoms with E-state index in [1.54, 1.807) is 0 Å². The molecule has 16 heavy (non-hydrogen) atoms. The van der Waals surface area contributed by atoms with Crippen LogP contribution in [-0.4, -0.2) is 147 Å². The molecule has 1 unspecified atom stereocenters. The van der Waals surface area contributed by atoms with Gasteiger partial charge in [0.25, 0.3) is 0 Å². The van der Waals surface area contributed by atoms with Gasteiger partial charge in [0.05, 0.1) is 12.8 Å². The maximum atomic E-state index is 9.64. The van der Waals surface area contributed by atoms with E-state index in [-0.39, 0.29) is 116 Å². The quantitative estimate of drug-likeness (QED) is 0.444.